The van der Waals surface area contributed by atoms with Crippen LogP contribution in [-0.2, 0) is 0 Å². The Kier molecular flexibility index (Phi) is 4.94. The van der Waals surface area contributed by atoms with Crippen LogP contribution in [0.25, 0.3) is 6.08 Å². The first-order valence-electron chi connectivity index (χ1n) is 6.65. The monoisotopic (exact) mass is 274 g/mol. The van der Waals surface area contributed by atoms with Crippen LogP contribution in [0.2, 0.25) is 39.3 Å². The zero-order valence-electron chi connectivity index (χ0n) is 12.6. The first-order chi connectivity index (χ1) is 8.21. The van der Waals surface area contributed by atoms with Crippen molar-refractivity contribution in [1.29, 1.82) is 0 Å². The summed E-state index contributed by atoms with van der Waals surface area (Å²) in [6.07, 6.45) is 6.84. The van der Waals surface area contributed by atoms with Gasteiger partial charge in [-0.15, -0.1) is 0 Å². The summed E-state index contributed by atoms with van der Waals surface area (Å²) in [5.74, 6) is 0. The highest BCUT2D eigenvalue weighted by Crippen LogP contribution is 2.25. The van der Waals surface area contributed by atoms with Gasteiger partial charge in [0, 0.05) is 0 Å². The van der Waals surface area contributed by atoms with Gasteiger partial charge in [-0.3, -0.25) is 0 Å². The fraction of sp³-hybridized carbons (Fsp3) is 0.375. The van der Waals surface area contributed by atoms with E-state index in [1.165, 1.54) is 5.56 Å². The van der Waals surface area contributed by atoms with Crippen LogP contribution in [0.15, 0.2) is 47.3 Å². The molecule has 0 nitrogen and oxygen atoms in total. The topological polar surface area (TPSA) is 0 Å². The summed E-state index contributed by atoms with van der Waals surface area (Å²) in [6.45, 7) is 14.7. The lowest BCUT2D eigenvalue weighted by Crippen LogP contribution is -2.39. The molecule has 0 aliphatic carbocycles. The van der Waals surface area contributed by atoms with Crippen molar-refractivity contribution in [2.45, 2.75) is 39.3 Å². The van der Waals surface area contributed by atoms with Gasteiger partial charge in [-0.25, -0.2) is 0 Å². The van der Waals surface area contributed by atoms with Gasteiger partial charge in [0.05, 0.1) is 16.1 Å². The van der Waals surface area contributed by atoms with E-state index in [4.69, 9.17) is 0 Å². The Bertz CT molecular complexity index is 412. The molecule has 0 aliphatic heterocycles. The summed E-state index contributed by atoms with van der Waals surface area (Å²) in [4.78, 5) is 1.75. The zero-order valence-corrected chi connectivity index (χ0v) is 14.6. The van der Waals surface area contributed by atoms with E-state index in [9.17, 15) is 0 Å². The molecule has 0 saturated heterocycles. The summed E-state index contributed by atoms with van der Waals surface area (Å²) in [5, 5.41) is 0. The van der Waals surface area contributed by atoms with Crippen LogP contribution in [0, 0.1) is 0 Å². The Morgan fingerprint density at radius 2 is 1.33 bits per heavy atom. The fourth-order valence-electron chi connectivity index (χ4n) is 2.44. The van der Waals surface area contributed by atoms with Crippen LogP contribution < -0.4 is 0 Å². The number of rotatable bonds is 4. The van der Waals surface area contributed by atoms with E-state index in [1.54, 1.807) is 4.82 Å². The maximum atomic E-state index is 2.45. The molecule has 0 aliphatic rings. The lowest BCUT2D eigenvalue weighted by Gasteiger charge is -2.31. The highest BCUT2D eigenvalue weighted by atomic mass is 28.4. The second-order valence-corrected chi connectivity index (χ2v) is 17.4. The van der Waals surface area contributed by atoms with E-state index in [-0.39, 0.29) is 0 Å². The van der Waals surface area contributed by atoms with Crippen molar-refractivity contribution in [3.8, 4) is 0 Å². The molecule has 0 radical (unpaired) electrons. The van der Waals surface area contributed by atoms with Gasteiger partial charge in [0.1, 0.15) is 0 Å². The van der Waals surface area contributed by atoms with E-state index in [0.717, 1.165) is 0 Å². The lowest BCUT2D eigenvalue weighted by molar-refractivity contribution is 1.62. The molecule has 0 fully saturated rings. The molecule has 98 valence electrons. The third-order valence-corrected chi connectivity index (χ3v) is 11.0. The van der Waals surface area contributed by atoms with Gasteiger partial charge in [-0.1, -0.05) is 92.7 Å². The van der Waals surface area contributed by atoms with Crippen LogP contribution in [0.4, 0.5) is 0 Å². The maximum Gasteiger partial charge on any atom is 0.0682 e. The predicted octanol–water partition coefficient (Wildman–Crippen LogP) is 5.38. The maximum absolute atomic E-state index is 2.45. The van der Waals surface area contributed by atoms with Crippen LogP contribution in [0.1, 0.15) is 5.56 Å². The van der Waals surface area contributed by atoms with E-state index in [1.807, 2.05) is 0 Å². The molecule has 0 atom stereocenters. The average Bonchev–Trinajstić information content (AvgIpc) is 2.22. The molecule has 0 N–H and O–H groups in total. The second kappa shape index (κ2) is 5.85. The molecule has 0 amide bonds. The molecule has 0 saturated carbocycles. The molecular formula is C16H26Si2. The number of allylic oxidation sites excluding steroid dienone is 2. The number of benzene rings is 1. The predicted molar refractivity (Wildman–Crippen MR) is 90.3 cm³/mol. The number of hydrogen-bond acceptors (Lipinski definition) is 0. The van der Waals surface area contributed by atoms with E-state index < -0.39 is 16.1 Å². The molecular weight excluding hydrogens is 248 g/mol. The number of hydrogen-bond donors (Lipinski definition) is 0. The zero-order chi connectivity index (χ0) is 13.8. The third-order valence-electron chi connectivity index (χ3n) is 2.97. The van der Waals surface area contributed by atoms with E-state index in [0.29, 0.717) is 0 Å². The minimum absolute atomic E-state index is 1.19. The molecule has 18 heavy (non-hydrogen) atoms. The molecule has 0 heterocycles. The fourth-order valence-corrected chi connectivity index (χ4v) is 12.6. The van der Waals surface area contributed by atoms with Gasteiger partial charge < -0.3 is 0 Å². The molecule has 2 heteroatoms. The van der Waals surface area contributed by atoms with Crippen LogP contribution >= 0.6 is 0 Å². The van der Waals surface area contributed by atoms with Crippen LogP contribution in [-0.4, -0.2) is 16.1 Å². The first kappa shape index (κ1) is 15.2. The quantitative estimate of drug-likeness (QED) is 0.511. The molecule has 0 spiro atoms. The van der Waals surface area contributed by atoms with Gasteiger partial charge in [0.25, 0.3) is 0 Å². The van der Waals surface area contributed by atoms with Gasteiger partial charge in [0.2, 0.25) is 0 Å². The Labute approximate surface area is 114 Å². The summed E-state index contributed by atoms with van der Waals surface area (Å²) < 4.78 is 0. The van der Waals surface area contributed by atoms with Crippen molar-refractivity contribution in [3.05, 3.63) is 52.9 Å². The van der Waals surface area contributed by atoms with E-state index >= 15 is 0 Å². The SMILES string of the molecule is C[Si](C)(C)C(=CC=Cc1ccccc1)[Si](C)(C)C. The minimum atomic E-state index is -1.19. The lowest BCUT2D eigenvalue weighted by atomic mass is 10.2. The van der Waals surface area contributed by atoms with Gasteiger partial charge in [-0.2, -0.15) is 0 Å². The van der Waals surface area contributed by atoms with Gasteiger partial charge >= 0.3 is 0 Å². The minimum Gasteiger partial charge on any atom is -0.0912 e. The van der Waals surface area contributed by atoms with Crippen molar-refractivity contribution in [1.82, 2.24) is 0 Å². The van der Waals surface area contributed by atoms with Gasteiger partial charge in [-0.05, 0) is 5.56 Å². The summed E-state index contributed by atoms with van der Waals surface area (Å²) >= 11 is 0. The third kappa shape index (κ3) is 4.79. The van der Waals surface area contributed by atoms with Crippen molar-refractivity contribution in [3.63, 3.8) is 0 Å². The summed E-state index contributed by atoms with van der Waals surface area (Å²) in [6, 6.07) is 10.5. The summed E-state index contributed by atoms with van der Waals surface area (Å²) in [5.41, 5.74) is 1.28. The smallest absolute Gasteiger partial charge is 0.0682 e. The Balaban J connectivity index is 2.96. The normalized spacial score (nSPS) is 12.8. The molecule has 1 rings (SSSR count). The molecule has 0 bridgehead atoms. The Morgan fingerprint density at radius 3 is 1.78 bits per heavy atom. The standard InChI is InChI=1S/C16H26Si2/c1-17(2,3)16(18(4,5)6)14-10-13-15-11-8-7-9-12-15/h7-14H,1-6H3. The van der Waals surface area contributed by atoms with Crippen molar-refractivity contribution >= 4 is 22.2 Å². The first-order valence-corrected chi connectivity index (χ1v) is 13.7. The average molecular weight is 275 g/mol. The second-order valence-electron chi connectivity index (χ2n) is 6.85. The Morgan fingerprint density at radius 1 is 0.833 bits per heavy atom. The van der Waals surface area contributed by atoms with Crippen molar-refractivity contribution < 1.29 is 0 Å². The van der Waals surface area contributed by atoms with E-state index in [2.05, 4.69) is 87.8 Å². The highest BCUT2D eigenvalue weighted by molar-refractivity contribution is 7.04. The van der Waals surface area contributed by atoms with Gasteiger partial charge in [0.15, 0.2) is 0 Å². The summed E-state index contributed by atoms with van der Waals surface area (Å²) in [7, 11) is -2.38. The van der Waals surface area contributed by atoms with Crippen molar-refractivity contribution in [2.24, 2.45) is 0 Å². The molecule has 1 aromatic carbocycles. The molecule has 0 aromatic heterocycles. The van der Waals surface area contributed by atoms with Crippen molar-refractivity contribution in [2.75, 3.05) is 0 Å². The molecule has 1 aromatic rings. The largest absolute Gasteiger partial charge is 0.0912 e. The Hall–Kier alpha value is -0.866. The molecule has 0 unspecified atom stereocenters. The van der Waals surface area contributed by atoms with Crippen LogP contribution in [0.3, 0.4) is 0 Å². The highest BCUT2D eigenvalue weighted by Gasteiger charge is 2.29. The van der Waals surface area contributed by atoms with Crippen LogP contribution in [0.5, 0.6) is 0 Å².